The molecule has 9 heteroatoms. The molecule has 0 bridgehead atoms. The molecule has 1 aliphatic heterocycles. The molecule has 8 nitrogen and oxygen atoms in total. The Hall–Kier alpha value is -2.65. The molecule has 0 saturated carbocycles. The molecule has 0 radical (unpaired) electrons. The molecule has 1 amide bonds. The van der Waals surface area contributed by atoms with Crippen LogP contribution in [0.25, 0.3) is 0 Å². The lowest BCUT2D eigenvalue weighted by molar-refractivity contribution is -0.119. The van der Waals surface area contributed by atoms with E-state index in [0.29, 0.717) is 12.8 Å². The van der Waals surface area contributed by atoms with Gasteiger partial charge in [-0.15, -0.1) is 0 Å². The van der Waals surface area contributed by atoms with Crippen LogP contribution in [0.2, 0.25) is 0 Å². The van der Waals surface area contributed by atoms with Crippen molar-refractivity contribution >= 4 is 27.6 Å². The first-order valence-corrected chi connectivity index (χ1v) is 11.9. The zero-order chi connectivity index (χ0) is 22.2. The number of ether oxygens (including phenoxy) is 1. The lowest BCUT2D eigenvalue weighted by atomic mass is 9.90. The Kier molecular flexibility index (Phi) is 5.90. The number of carbonyl (C=O) groups is 2. The number of anilines is 1. The van der Waals surface area contributed by atoms with Gasteiger partial charge in [0.1, 0.15) is 16.6 Å². The first kappa shape index (κ1) is 21.6. The number of benzene rings is 1. The van der Waals surface area contributed by atoms with Crippen molar-refractivity contribution in [3.63, 3.8) is 0 Å². The molecule has 0 unspecified atom stereocenters. The van der Waals surface area contributed by atoms with Gasteiger partial charge < -0.3 is 14.6 Å². The van der Waals surface area contributed by atoms with Crippen LogP contribution in [0.15, 0.2) is 35.4 Å². The molecule has 2 heterocycles. The average Bonchev–Trinajstić information content (AvgIpc) is 3.41. The number of hydrogen-bond acceptors (Lipinski definition) is 5. The topological polar surface area (TPSA) is 97.7 Å². The normalized spacial score (nSPS) is 19.1. The van der Waals surface area contributed by atoms with Crippen LogP contribution in [0.5, 0.6) is 0 Å². The molecule has 166 valence electrons. The Morgan fingerprint density at radius 2 is 1.94 bits per heavy atom. The molecular formula is C22H27N3O5S. The molecule has 1 aromatic carbocycles. The van der Waals surface area contributed by atoms with Gasteiger partial charge in [-0.05, 0) is 61.8 Å². The van der Waals surface area contributed by atoms with Gasteiger partial charge >= 0.3 is 5.97 Å². The summed E-state index contributed by atoms with van der Waals surface area (Å²) in [4.78, 5) is 25.0. The van der Waals surface area contributed by atoms with Crippen molar-refractivity contribution in [2.24, 2.45) is 7.05 Å². The van der Waals surface area contributed by atoms with Crippen molar-refractivity contribution in [3.05, 3.63) is 47.3 Å². The van der Waals surface area contributed by atoms with Crippen molar-refractivity contribution < 1.29 is 22.7 Å². The van der Waals surface area contributed by atoms with E-state index in [1.54, 1.807) is 7.05 Å². The number of nitrogens with one attached hydrogen (secondary N) is 1. The number of aromatic nitrogens is 1. The third-order valence-corrected chi connectivity index (χ3v) is 8.01. The number of methoxy groups -OCH3 is 1. The predicted molar refractivity (Wildman–Crippen MR) is 115 cm³/mol. The molecule has 1 N–H and O–H groups in total. The Bertz CT molecular complexity index is 1120. The average molecular weight is 446 g/mol. The molecule has 31 heavy (non-hydrogen) atoms. The van der Waals surface area contributed by atoms with Gasteiger partial charge in [0.25, 0.3) is 0 Å². The number of nitrogens with zero attached hydrogens (tertiary/aromatic N) is 2. The van der Waals surface area contributed by atoms with Crippen LogP contribution in [0.3, 0.4) is 0 Å². The van der Waals surface area contributed by atoms with Gasteiger partial charge in [-0.3, -0.25) is 4.79 Å². The maximum atomic E-state index is 13.3. The Labute approximate surface area is 182 Å². The number of sulfonamides is 1. The van der Waals surface area contributed by atoms with Gasteiger partial charge in [0, 0.05) is 25.5 Å². The van der Waals surface area contributed by atoms with Crippen LogP contribution < -0.4 is 5.32 Å². The first-order chi connectivity index (χ1) is 14.8. The lowest BCUT2D eigenvalue weighted by Gasteiger charge is -2.24. The van der Waals surface area contributed by atoms with E-state index in [1.165, 1.54) is 33.8 Å². The van der Waals surface area contributed by atoms with E-state index in [-0.39, 0.29) is 23.0 Å². The summed E-state index contributed by atoms with van der Waals surface area (Å²) in [6.07, 6.45) is 6.57. The fourth-order valence-corrected chi connectivity index (χ4v) is 6.25. The van der Waals surface area contributed by atoms with E-state index < -0.39 is 22.0 Å². The number of hydrogen-bond donors (Lipinski definition) is 1. The summed E-state index contributed by atoms with van der Waals surface area (Å²) in [5, 5.41) is 2.99. The summed E-state index contributed by atoms with van der Waals surface area (Å²) in [5.41, 5.74) is 3.32. The highest BCUT2D eigenvalue weighted by Gasteiger charge is 2.40. The number of amides is 1. The van der Waals surface area contributed by atoms with Crippen LogP contribution in [0.1, 0.15) is 47.3 Å². The third-order valence-electron chi connectivity index (χ3n) is 6.14. The van der Waals surface area contributed by atoms with Gasteiger partial charge in [-0.1, -0.05) is 12.1 Å². The molecule has 0 spiro atoms. The zero-order valence-electron chi connectivity index (χ0n) is 17.8. The molecule has 1 atom stereocenters. The second-order valence-corrected chi connectivity index (χ2v) is 9.97. The maximum absolute atomic E-state index is 13.3. The number of rotatable bonds is 5. The SMILES string of the molecule is COC(=O)c1cc(S(=O)(=O)N2CCC[C@H]2C(=O)Nc2cccc3c2CCCC3)cn1C. The van der Waals surface area contributed by atoms with Gasteiger partial charge in [0.2, 0.25) is 15.9 Å². The predicted octanol–water partition coefficient (Wildman–Crippen LogP) is 2.48. The molecule has 1 saturated heterocycles. The van der Waals surface area contributed by atoms with E-state index in [4.69, 9.17) is 4.74 Å². The van der Waals surface area contributed by atoms with Crippen molar-refractivity contribution in [3.8, 4) is 0 Å². The third kappa shape index (κ3) is 3.99. The largest absolute Gasteiger partial charge is 0.464 e. The number of carbonyl (C=O) groups excluding carboxylic acids is 2. The highest BCUT2D eigenvalue weighted by atomic mass is 32.2. The van der Waals surface area contributed by atoms with E-state index in [1.807, 2.05) is 12.1 Å². The van der Waals surface area contributed by atoms with Crippen molar-refractivity contribution in [1.29, 1.82) is 0 Å². The summed E-state index contributed by atoms with van der Waals surface area (Å²) >= 11 is 0. The number of fused-ring (bicyclic) bond motifs is 1. The van der Waals surface area contributed by atoms with Crippen LogP contribution in [-0.2, 0) is 39.4 Å². The molecular weight excluding hydrogens is 418 g/mol. The summed E-state index contributed by atoms with van der Waals surface area (Å²) < 4.78 is 34.0. The molecule has 1 aliphatic carbocycles. The van der Waals surface area contributed by atoms with E-state index in [2.05, 4.69) is 11.4 Å². The van der Waals surface area contributed by atoms with Crippen LogP contribution in [0, 0.1) is 0 Å². The Balaban J connectivity index is 1.58. The lowest BCUT2D eigenvalue weighted by Crippen LogP contribution is -2.43. The number of aryl methyl sites for hydroxylation is 2. The second kappa shape index (κ2) is 8.47. The van der Waals surface area contributed by atoms with Gasteiger partial charge in [0.15, 0.2) is 0 Å². The van der Waals surface area contributed by atoms with E-state index in [0.717, 1.165) is 36.9 Å². The van der Waals surface area contributed by atoms with Crippen molar-refractivity contribution in [2.75, 3.05) is 19.0 Å². The summed E-state index contributed by atoms with van der Waals surface area (Å²) in [5.74, 6) is -0.933. The summed E-state index contributed by atoms with van der Waals surface area (Å²) in [6.45, 7) is 0.260. The van der Waals surface area contributed by atoms with Gasteiger partial charge in [-0.25, -0.2) is 13.2 Å². The Morgan fingerprint density at radius 1 is 1.16 bits per heavy atom. The van der Waals surface area contributed by atoms with Crippen molar-refractivity contribution in [2.45, 2.75) is 49.5 Å². The zero-order valence-corrected chi connectivity index (χ0v) is 18.6. The quantitative estimate of drug-likeness (QED) is 0.713. The van der Waals surface area contributed by atoms with E-state index in [9.17, 15) is 18.0 Å². The highest BCUT2D eigenvalue weighted by Crippen LogP contribution is 2.31. The van der Waals surface area contributed by atoms with Crippen molar-refractivity contribution in [1.82, 2.24) is 8.87 Å². The fraction of sp³-hybridized carbons (Fsp3) is 0.455. The molecule has 4 rings (SSSR count). The minimum Gasteiger partial charge on any atom is -0.464 e. The van der Waals surface area contributed by atoms with Crippen LogP contribution in [-0.4, -0.2) is 48.9 Å². The fourth-order valence-electron chi connectivity index (χ4n) is 4.52. The van der Waals surface area contributed by atoms with Gasteiger partial charge in [0.05, 0.1) is 7.11 Å². The Morgan fingerprint density at radius 3 is 2.71 bits per heavy atom. The molecule has 2 aliphatic rings. The molecule has 2 aromatic rings. The minimum atomic E-state index is -3.94. The second-order valence-electron chi connectivity index (χ2n) is 8.08. The molecule has 1 fully saturated rings. The maximum Gasteiger partial charge on any atom is 0.354 e. The number of esters is 1. The smallest absolute Gasteiger partial charge is 0.354 e. The summed E-state index contributed by atoms with van der Waals surface area (Å²) in [7, 11) is -1.12. The first-order valence-electron chi connectivity index (χ1n) is 10.5. The minimum absolute atomic E-state index is 0.0211. The van der Waals surface area contributed by atoms with Gasteiger partial charge in [-0.2, -0.15) is 4.31 Å². The summed E-state index contributed by atoms with van der Waals surface area (Å²) in [6, 6.07) is 6.41. The monoisotopic (exact) mass is 445 g/mol. The van der Waals surface area contributed by atoms with Crippen LogP contribution in [0.4, 0.5) is 5.69 Å². The van der Waals surface area contributed by atoms with Crippen LogP contribution >= 0.6 is 0 Å². The highest BCUT2D eigenvalue weighted by molar-refractivity contribution is 7.89. The van der Waals surface area contributed by atoms with E-state index >= 15 is 0 Å². The molecule has 1 aromatic heterocycles. The standard InChI is InChI=1S/C22H27N3O5S/c1-24-14-16(13-20(24)22(27)30-2)31(28,29)25-12-6-11-19(25)21(26)23-18-10-5-8-15-7-3-4-9-17(15)18/h5,8,10,13-14,19H,3-4,6-7,9,11-12H2,1-2H3,(H,23,26)/t19-/m0/s1.